The molecule has 1 heterocycles. The highest BCUT2D eigenvalue weighted by atomic mass is 32.2. The quantitative estimate of drug-likeness (QED) is 0.0153. The Kier molecular flexibility index (Phi) is 90.8. The molecule has 0 aromatic rings. The van der Waals surface area contributed by atoms with E-state index in [9.17, 15) is 134 Å². The summed E-state index contributed by atoms with van der Waals surface area (Å²) in [6.07, 6.45) is 4.52. The zero-order valence-corrected chi connectivity index (χ0v) is 96.0. The molecule has 0 spiro atoms. The molecule has 1 aliphatic rings. The minimum Gasteiger partial charge on any atom is -0.481 e. The molecule has 5 unspecified atom stereocenters. The number of hydrogen-bond donors (Lipinski definition) is 12. The van der Waals surface area contributed by atoms with Crippen LogP contribution < -0.4 is 26.6 Å². The molecular weight excluding hydrogens is 2120 g/mol. The molecule has 0 saturated carbocycles. The van der Waals surface area contributed by atoms with Crippen LogP contribution >= 0.6 is 106 Å². The summed E-state index contributed by atoms with van der Waals surface area (Å²) in [6, 6.07) is -2.76. The van der Waals surface area contributed by atoms with Crippen molar-refractivity contribution < 1.29 is 184 Å². The Hall–Kier alpha value is -9.09. The summed E-state index contributed by atoms with van der Waals surface area (Å²) in [5.41, 5.74) is -0.750. The van der Waals surface area contributed by atoms with E-state index in [4.69, 9.17) is 40.5 Å². The van der Waals surface area contributed by atoms with E-state index in [1.165, 1.54) is 72.4 Å². The Morgan fingerprint density at radius 3 is 1.10 bits per heavy atom. The Morgan fingerprint density at radius 2 is 0.757 bits per heavy atom. The molecule has 0 aromatic carbocycles. The van der Waals surface area contributed by atoms with Crippen molar-refractivity contribution in [1.29, 1.82) is 0 Å². The number of carbonyl (C=O) groups excluding carboxylic acids is 21. The smallest absolute Gasteiger partial charge is 0.329 e. The maximum atomic E-state index is 12.0. The van der Waals surface area contributed by atoms with E-state index < -0.39 is 93.2 Å². The molecule has 12 N–H and O–H groups in total. The molecule has 43 nitrogen and oxygen atoms in total. The van der Waals surface area contributed by atoms with Crippen molar-refractivity contribution in [3.05, 3.63) is 0 Å². The van der Waals surface area contributed by atoms with Gasteiger partial charge < -0.3 is 95.7 Å². The first-order valence-corrected chi connectivity index (χ1v) is 55.6. The van der Waals surface area contributed by atoms with Gasteiger partial charge in [0.1, 0.15) is 41.3 Å². The van der Waals surface area contributed by atoms with E-state index in [0.717, 1.165) is 88.8 Å². The standard InChI is InChI=1S/C18H28N2O8S2.C13H22O4S.C12H20O4S.C11H15NO6S.C11H19NO4S.C11H18O4S.C10H17NO4S.C10H16O4S/c1-5-13(21)19-11(17(25)27-3)9-29-15(23)7-8-16(24)30-10-12(18(26)28-4)20-14(22)6-2;1-9(14)8-12(2,3)13(4,5)18-11(17)7-6-10(15)16;1-8(2)10(5-4-9(3)13)17-12(16)7-6-11(14)15;1-6(13)12-10-7(4-5-18-11(10)17)19-9(16)3-2-8(14)15;1-11(2,3)10(16)12-6-7-17-9(15)5-4-8(13)14;1-3-9(5-4-8(2)12)16-11(15)7-6-10(13)14;1-7(2)10(15)11-5-6-16-9(14)4-3-8(12)13;1-7(11)3-4-8(2)15-10(14)6-5-9(12)13/h11-12H,5-10H2,1-4H3,(H,19,21)(H,20,22);6-8H2,1-5H3,(H,15,16);8,10H,4-7H2,1-3H3,(H,14,15);7,10H,2-5H2,1H3,(H,12,13)(H,14,15);4-7H2,1-3H3,(H,12,16)(H,13,14);9H,3-7H2,1-2H3,(H,13,14);7H,3-6H2,1-2H3,(H,11,15)(H,12,13);8H,3-6H2,1-2H3,(H,12,13)/t11-,12-;;;;;;;/m0......./s1. The fraction of sp³-hybridized carbons (Fsp3) is 0.708. The zero-order valence-electron chi connectivity index (χ0n) is 88.7. The van der Waals surface area contributed by atoms with Crippen LogP contribution in [0.15, 0.2) is 0 Å². The minimum atomic E-state index is -1.05. The molecule has 148 heavy (non-hydrogen) atoms. The Morgan fingerprint density at radius 1 is 0.412 bits per heavy atom. The number of amides is 5. The third-order valence-corrected chi connectivity index (χ3v) is 29.9. The van der Waals surface area contributed by atoms with Crippen LogP contribution in [0.3, 0.4) is 0 Å². The van der Waals surface area contributed by atoms with E-state index in [2.05, 4.69) is 36.1 Å². The second kappa shape index (κ2) is 88.5. The highest BCUT2D eigenvalue weighted by molar-refractivity contribution is 8.16. The molecule has 5 amide bonds. The minimum absolute atomic E-state index is 0.00789. The van der Waals surface area contributed by atoms with Crippen molar-refractivity contribution in [2.45, 2.75) is 356 Å². The fourth-order valence-electron chi connectivity index (χ4n) is 10.2. The van der Waals surface area contributed by atoms with Gasteiger partial charge in [0.15, 0.2) is 46.0 Å². The number of carbonyl (C=O) groups is 28. The molecule has 1 saturated heterocycles. The van der Waals surface area contributed by atoms with Gasteiger partial charge in [-0.25, -0.2) is 14.4 Å². The van der Waals surface area contributed by atoms with Crippen LogP contribution in [0.5, 0.6) is 0 Å². The number of ketones is 4. The molecule has 0 bridgehead atoms. The predicted molar refractivity (Wildman–Crippen MR) is 571 cm³/mol. The van der Waals surface area contributed by atoms with E-state index >= 15 is 0 Å². The largest absolute Gasteiger partial charge is 0.481 e. The van der Waals surface area contributed by atoms with Gasteiger partial charge in [-0.15, -0.1) is 0 Å². The van der Waals surface area contributed by atoms with E-state index in [1.807, 2.05) is 76.2 Å². The number of thioether (sulfide) groups is 9. The number of nitrogens with one attached hydrogen (secondary N) is 5. The van der Waals surface area contributed by atoms with Crippen molar-refractivity contribution in [3.8, 4) is 0 Å². The highest BCUT2D eigenvalue weighted by Crippen LogP contribution is 2.45. The zero-order chi connectivity index (χ0) is 116. The van der Waals surface area contributed by atoms with Gasteiger partial charge in [-0.3, -0.25) is 101 Å². The summed E-state index contributed by atoms with van der Waals surface area (Å²) < 4.78 is 13.6. The predicted octanol–water partition coefficient (Wildman–Crippen LogP) is 12.0. The summed E-state index contributed by atoms with van der Waals surface area (Å²) in [5.74, 6) is -8.27. The lowest BCUT2D eigenvalue weighted by Gasteiger charge is -2.40. The van der Waals surface area contributed by atoms with Gasteiger partial charge in [0.25, 0.3) is 0 Å². The Labute approximate surface area is 904 Å². The SMILES string of the molecule is CC(=O)CC(C)(C)C(C)(C)SC(=O)CCC(=O)O.CC(=O)CCC(C)SC(=O)CCC(=O)O.CC(=O)CCC(SC(=O)CCC(=O)O)C(C)C.CC(=O)NC1C(=O)OCCC1SC(=O)CCC(=O)O.CC(C)(C)C(=O)NCCSC(=O)CCC(=O)O.CC(C)C(=O)NCCSC(=O)CCC(=O)O.CCC(=O)N[C@@H](CSC(=O)CCC(=O)SC[C@H](NC(=O)CC)C(=O)OC)C(=O)OC.CCC(CCC(C)=O)SC(=O)CCC(=O)O. The molecule has 1 rings (SSSR count). The average Bonchev–Trinajstić information content (AvgIpc) is 0.812. The Bertz CT molecular complexity index is 4260. The van der Waals surface area contributed by atoms with E-state index in [-0.39, 0.29) is 259 Å². The lowest BCUT2D eigenvalue weighted by Crippen LogP contribution is -2.51. The monoisotopic (exact) mass is 2270 g/mol. The molecule has 1 fully saturated rings. The lowest BCUT2D eigenvalue weighted by molar-refractivity contribution is -0.151. The second-order valence-corrected chi connectivity index (χ2v) is 46.8. The number of ether oxygens (including phenoxy) is 3. The van der Waals surface area contributed by atoms with Crippen LogP contribution in [0.1, 0.15) is 312 Å². The second-order valence-electron chi connectivity index (χ2n) is 35.2. The van der Waals surface area contributed by atoms with Crippen molar-refractivity contribution in [2.24, 2.45) is 22.7 Å². The number of Topliss-reactive ketones (excluding diaryl/α,β-unsaturated/α-hetero) is 4. The van der Waals surface area contributed by atoms with Crippen LogP contribution in [0.4, 0.5) is 0 Å². The third-order valence-electron chi connectivity index (χ3n) is 19.2. The van der Waals surface area contributed by atoms with Gasteiger partial charge in [-0.05, 0) is 85.0 Å². The normalized spacial score (nSPS) is 13.2. The van der Waals surface area contributed by atoms with Crippen LogP contribution in [0.2, 0.25) is 0 Å². The van der Waals surface area contributed by atoms with Crippen LogP contribution in [-0.2, 0) is 148 Å². The highest BCUT2D eigenvalue weighted by Gasteiger charge is 2.41. The molecule has 1 aliphatic heterocycles. The van der Waals surface area contributed by atoms with Crippen molar-refractivity contribution in [3.63, 3.8) is 0 Å². The van der Waals surface area contributed by atoms with Crippen molar-refractivity contribution in [2.75, 3.05) is 56.9 Å². The summed E-state index contributed by atoms with van der Waals surface area (Å²) in [7, 11) is 2.36. The summed E-state index contributed by atoms with van der Waals surface area (Å²) in [5, 5.41) is 70.0. The molecular formula is C96H155N5O38S9. The van der Waals surface area contributed by atoms with Gasteiger partial charge in [-0.1, -0.05) is 196 Å². The maximum Gasteiger partial charge on any atom is 0.329 e. The number of carboxylic acid groups (broad SMARTS) is 7. The van der Waals surface area contributed by atoms with Crippen molar-refractivity contribution in [1.82, 2.24) is 26.6 Å². The van der Waals surface area contributed by atoms with Gasteiger partial charge >= 0.3 is 59.7 Å². The number of rotatable bonds is 61. The topological polar surface area (TPSA) is 707 Å². The lowest BCUT2D eigenvalue weighted by atomic mass is 9.76. The van der Waals surface area contributed by atoms with Crippen molar-refractivity contribution >= 4 is 264 Å². The van der Waals surface area contributed by atoms with E-state index in [1.54, 1.807) is 27.7 Å². The first kappa shape index (κ1) is 152. The summed E-state index contributed by atoms with van der Waals surface area (Å²) >= 11 is 9.27. The van der Waals surface area contributed by atoms with Gasteiger partial charge in [0.2, 0.25) is 29.5 Å². The average molecular weight is 2280 g/mol. The maximum absolute atomic E-state index is 12.0. The third kappa shape index (κ3) is 95.3. The summed E-state index contributed by atoms with van der Waals surface area (Å²) in [6.45, 7) is 36.3. The van der Waals surface area contributed by atoms with Gasteiger partial charge in [0, 0.05) is 176 Å². The molecule has 0 aromatic heterocycles. The van der Waals surface area contributed by atoms with Gasteiger partial charge in [0.05, 0.1) is 65.8 Å². The van der Waals surface area contributed by atoms with Crippen LogP contribution in [0.25, 0.3) is 0 Å². The number of cyclic esters (lactones) is 1. The fourth-order valence-corrected chi connectivity index (χ4v) is 18.4. The molecule has 0 aliphatic carbocycles. The number of carboxylic acids is 7. The molecule has 52 heteroatoms. The molecule has 7 atom stereocenters. The summed E-state index contributed by atoms with van der Waals surface area (Å²) in [4.78, 5) is 311. The molecule has 0 radical (unpaired) electrons. The first-order chi connectivity index (χ1) is 68.4. The number of methoxy groups -OCH3 is 2. The number of esters is 3. The first-order valence-electron chi connectivity index (χ1n) is 47.3. The number of hydrogen-bond acceptors (Lipinski definition) is 40. The Balaban J connectivity index is -0.000000310. The molecule has 846 valence electrons. The van der Waals surface area contributed by atoms with Crippen LogP contribution in [0, 0.1) is 22.7 Å². The van der Waals surface area contributed by atoms with Gasteiger partial charge in [-0.2, -0.15) is 0 Å². The van der Waals surface area contributed by atoms with E-state index in [0.29, 0.717) is 81.9 Å². The van der Waals surface area contributed by atoms with Crippen LogP contribution in [-0.4, -0.2) is 295 Å². The number of aliphatic carboxylic acids is 7.